The minimum absolute atomic E-state index is 0.124. The van der Waals surface area contributed by atoms with Crippen molar-refractivity contribution in [2.24, 2.45) is 5.41 Å². The van der Waals surface area contributed by atoms with Crippen LogP contribution in [0.1, 0.15) is 10.5 Å². The number of aromatic nitrogens is 1. The molecular formula is C21H20ClN3O2. The van der Waals surface area contributed by atoms with Crippen LogP contribution >= 0.6 is 11.6 Å². The van der Waals surface area contributed by atoms with Crippen LogP contribution in [0.4, 0.5) is 5.69 Å². The number of amides is 1. The molecule has 2 aromatic carbocycles. The molecule has 0 bridgehead atoms. The van der Waals surface area contributed by atoms with Crippen LogP contribution in [0.15, 0.2) is 71.3 Å². The van der Waals surface area contributed by atoms with Gasteiger partial charge in [-0.15, -0.1) is 11.6 Å². The van der Waals surface area contributed by atoms with Gasteiger partial charge in [-0.05, 0) is 12.1 Å². The van der Waals surface area contributed by atoms with Gasteiger partial charge < -0.3 is 14.7 Å². The number of carbonyl (C=O) groups is 1. The zero-order valence-corrected chi connectivity index (χ0v) is 15.5. The molecule has 0 unspecified atom stereocenters. The Balaban J connectivity index is 1.38. The highest BCUT2D eigenvalue weighted by Crippen LogP contribution is 2.33. The van der Waals surface area contributed by atoms with Gasteiger partial charge >= 0.3 is 0 Å². The van der Waals surface area contributed by atoms with E-state index < -0.39 is 0 Å². The number of benzene rings is 2. The van der Waals surface area contributed by atoms with E-state index in [0.29, 0.717) is 30.4 Å². The van der Waals surface area contributed by atoms with E-state index in [4.69, 9.17) is 16.1 Å². The van der Waals surface area contributed by atoms with Crippen LogP contribution in [0, 0.1) is 5.41 Å². The molecule has 1 N–H and O–H groups in total. The van der Waals surface area contributed by atoms with Gasteiger partial charge in [0.25, 0.3) is 5.91 Å². The SMILES string of the molecule is O=C(c1cc(-c2ccccc2)on1)N1CC(CCl)(CNc2ccccc2)C1. The average Bonchev–Trinajstić information content (AvgIpc) is 3.19. The van der Waals surface area contributed by atoms with Crippen molar-refractivity contribution in [3.63, 3.8) is 0 Å². The number of nitrogens with zero attached hydrogens (tertiary/aromatic N) is 2. The Morgan fingerprint density at radius 1 is 1.11 bits per heavy atom. The van der Waals surface area contributed by atoms with E-state index in [9.17, 15) is 4.79 Å². The van der Waals surface area contributed by atoms with Gasteiger partial charge in [0, 0.05) is 48.2 Å². The van der Waals surface area contributed by atoms with Gasteiger partial charge in [-0.25, -0.2) is 0 Å². The smallest absolute Gasteiger partial charge is 0.276 e. The van der Waals surface area contributed by atoms with Gasteiger partial charge in [0.2, 0.25) is 0 Å². The predicted octanol–water partition coefficient (Wildman–Crippen LogP) is 4.13. The highest BCUT2D eigenvalue weighted by atomic mass is 35.5. The predicted molar refractivity (Wildman–Crippen MR) is 106 cm³/mol. The first-order chi connectivity index (χ1) is 13.2. The lowest BCUT2D eigenvalue weighted by Gasteiger charge is -2.49. The minimum atomic E-state index is -0.126. The van der Waals surface area contributed by atoms with E-state index >= 15 is 0 Å². The van der Waals surface area contributed by atoms with Crippen molar-refractivity contribution in [1.82, 2.24) is 10.1 Å². The number of rotatable bonds is 6. The van der Waals surface area contributed by atoms with Gasteiger partial charge in [-0.3, -0.25) is 4.79 Å². The summed E-state index contributed by atoms with van der Waals surface area (Å²) >= 11 is 6.21. The Hall–Kier alpha value is -2.79. The average molecular weight is 382 g/mol. The molecule has 0 aliphatic carbocycles. The Kier molecular flexibility index (Phi) is 4.86. The Labute approximate surface area is 162 Å². The monoisotopic (exact) mass is 381 g/mol. The van der Waals surface area contributed by atoms with E-state index in [-0.39, 0.29) is 11.3 Å². The second-order valence-corrected chi connectivity index (χ2v) is 7.22. The fourth-order valence-electron chi connectivity index (χ4n) is 3.27. The number of halogens is 1. The second-order valence-electron chi connectivity index (χ2n) is 6.96. The lowest BCUT2D eigenvalue weighted by atomic mass is 9.81. The van der Waals surface area contributed by atoms with E-state index in [1.807, 2.05) is 60.7 Å². The molecule has 3 aromatic rings. The molecule has 1 amide bonds. The second kappa shape index (κ2) is 7.45. The molecule has 5 nitrogen and oxygen atoms in total. The van der Waals surface area contributed by atoms with E-state index in [1.54, 1.807) is 11.0 Å². The lowest BCUT2D eigenvalue weighted by molar-refractivity contribution is 0.0218. The maximum atomic E-state index is 12.7. The molecular weight excluding hydrogens is 362 g/mol. The maximum Gasteiger partial charge on any atom is 0.276 e. The number of para-hydroxylation sites is 1. The first-order valence-electron chi connectivity index (χ1n) is 8.85. The number of anilines is 1. The number of alkyl halides is 1. The van der Waals surface area contributed by atoms with Crippen LogP contribution in [0.25, 0.3) is 11.3 Å². The molecule has 1 aliphatic heterocycles. The molecule has 1 aliphatic rings. The summed E-state index contributed by atoms with van der Waals surface area (Å²) in [6.45, 7) is 1.92. The van der Waals surface area contributed by atoms with Crippen LogP contribution < -0.4 is 5.32 Å². The standard InChI is InChI=1S/C21H20ClN3O2/c22-12-21(13-23-17-9-5-2-6-10-17)14-25(15-21)20(26)18-11-19(27-24-18)16-7-3-1-4-8-16/h1-11,23H,12-15H2. The van der Waals surface area contributed by atoms with Crippen LogP contribution in [0.2, 0.25) is 0 Å². The molecule has 0 spiro atoms. The third-order valence-corrected chi connectivity index (χ3v) is 5.42. The van der Waals surface area contributed by atoms with E-state index in [2.05, 4.69) is 10.5 Å². The summed E-state index contributed by atoms with van der Waals surface area (Å²) < 4.78 is 5.34. The van der Waals surface area contributed by atoms with Crippen LogP contribution in [0.3, 0.4) is 0 Å². The van der Waals surface area contributed by atoms with Crippen molar-refractivity contribution in [2.45, 2.75) is 0 Å². The Morgan fingerprint density at radius 2 is 1.78 bits per heavy atom. The van der Waals surface area contributed by atoms with Crippen molar-refractivity contribution in [3.05, 3.63) is 72.4 Å². The summed E-state index contributed by atoms with van der Waals surface area (Å²) in [4.78, 5) is 14.5. The van der Waals surface area contributed by atoms with E-state index in [1.165, 1.54) is 0 Å². The zero-order chi connectivity index (χ0) is 18.7. The molecule has 2 heterocycles. The van der Waals surface area contributed by atoms with Crippen molar-refractivity contribution in [3.8, 4) is 11.3 Å². The molecule has 0 atom stereocenters. The summed E-state index contributed by atoms with van der Waals surface area (Å²) in [7, 11) is 0. The van der Waals surface area contributed by atoms with Gasteiger partial charge in [0.15, 0.2) is 11.5 Å². The van der Waals surface area contributed by atoms with Crippen molar-refractivity contribution in [2.75, 3.05) is 30.8 Å². The molecule has 1 fully saturated rings. The van der Waals surface area contributed by atoms with Crippen LogP contribution in [-0.2, 0) is 0 Å². The zero-order valence-electron chi connectivity index (χ0n) is 14.8. The van der Waals surface area contributed by atoms with Crippen molar-refractivity contribution >= 4 is 23.2 Å². The number of carbonyl (C=O) groups excluding carboxylic acids is 1. The molecule has 1 aromatic heterocycles. The van der Waals surface area contributed by atoms with Gasteiger partial charge in [-0.1, -0.05) is 53.7 Å². The molecule has 6 heteroatoms. The Bertz CT molecular complexity index is 905. The highest BCUT2D eigenvalue weighted by Gasteiger charge is 2.45. The molecule has 0 saturated carbocycles. The van der Waals surface area contributed by atoms with Crippen LogP contribution in [-0.4, -0.2) is 41.5 Å². The highest BCUT2D eigenvalue weighted by molar-refractivity contribution is 6.18. The van der Waals surface area contributed by atoms with Gasteiger partial charge in [0.05, 0.1) is 0 Å². The molecule has 0 radical (unpaired) electrons. The number of hydrogen-bond acceptors (Lipinski definition) is 4. The summed E-state index contributed by atoms with van der Waals surface area (Å²) in [6, 6.07) is 21.3. The fourth-order valence-corrected chi connectivity index (χ4v) is 3.54. The molecule has 138 valence electrons. The van der Waals surface area contributed by atoms with Gasteiger partial charge in [-0.2, -0.15) is 0 Å². The van der Waals surface area contributed by atoms with E-state index in [0.717, 1.165) is 17.8 Å². The molecule has 1 saturated heterocycles. The number of nitrogens with one attached hydrogen (secondary N) is 1. The lowest BCUT2D eigenvalue weighted by Crippen LogP contribution is -2.62. The summed E-state index contributed by atoms with van der Waals surface area (Å²) in [5, 5.41) is 7.35. The quantitative estimate of drug-likeness (QED) is 0.652. The largest absolute Gasteiger partial charge is 0.384 e. The summed E-state index contributed by atoms with van der Waals surface area (Å²) in [6.07, 6.45) is 0. The number of hydrogen-bond donors (Lipinski definition) is 1. The maximum absolute atomic E-state index is 12.7. The van der Waals surface area contributed by atoms with Crippen molar-refractivity contribution < 1.29 is 9.32 Å². The first-order valence-corrected chi connectivity index (χ1v) is 9.39. The third kappa shape index (κ3) is 3.69. The first kappa shape index (κ1) is 17.6. The molecule has 4 rings (SSSR count). The van der Waals surface area contributed by atoms with Crippen molar-refractivity contribution in [1.29, 1.82) is 0 Å². The summed E-state index contributed by atoms with van der Waals surface area (Å²) in [5.41, 5.74) is 2.15. The number of likely N-dealkylation sites (tertiary alicyclic amines) is 1. The Morgan fingerprint density at radius 3 is 2.44 bits per heavy atom. The summed E-state index contributed by atoms with van der Waals surface area (Å²) in [5.74, 6) is 0.959. The third-order valence-electron chi connectivity index (χ3n) is 4.85. The minimum Gasteiger partial charge on any atom is -0.384 e. The topological polar surface area (TPSA) is 58.4 Å². The normalized spacial score (nSPS) is 15.2. The van der Waals surface area contributed by atoms with Crippen LogP contribution in [0.5, 0.6) is 0 Å². The molecule has 27 heavy (non-hydrogen) atoms. The van der Waals surface area contributed by atoms with Gasteiger partial charge in [0.1, 0.15) is 0 Å². The fraction of sp³-hybridized carbons (Fsp3) is 0.238.